The molecule has 0 bridgehead atoms. The van der Waals surface area contributed by atoms with E-state index in [1.807, 2.05) is 20.9 Å². The zero-order valence-corrected chi connectivity index (χ0v) is 10.8. The molecule has 0 heterocycles. The first-order chi connectivity index (χ1) is 6.86. The molecule has 0 aliphatic heterocycles. The Kier molecular flexibility index (Phi) is 5.88. The molecule has 0 saturated heterocycles. The number of carbonyl (C=O) groups excluding carboxylic acids is 1. The minimum Gasteiger partial charge on any atom is -0.341 e. The fraction of sp³-hybridized carbons (Fsp3) is 0.917. The van der Waals surface area contributed by atoms with Crippen LogP contribution in [-0.2, 0) is 4.79 Å². The smallest absolute Gasteiger partial charge is 0.242 e. The molecular formula is C12H26N2O. The Morgan fingerprint density at radius 2 is 1.93 bits per heavy atom. The predicted molar refractivity (Wildman–Crippen MR) is 64.6 cm³/mol. The second kappa shape index (κ2) is 6.11. The molecule has 0 rings (SSSR count). The summed E-state index contributed by atoms with van der Waals surface area (Å²) < 4.78 is 0. The van der Waals surface area contributed by atoms with Crippen molar-refractivity contribution in [1.82, 2.24) is 4.90 Å². The van der Waals surface area contributed by atoms with Crippen LogP contribution < -0.4 is 5.73 Å². The normalized spacial score (nSPS) is 16.9. The molecule has 3 nitrogen and oxygen atoms in total. The van der Waals surface area contributed by atoms with E-state index in [4.69, 9.17) is 5.73 Å². The molecule has 0 aromatic heterocycles. The van der Waals surface area contributed by atoms with Gasteiger partial charge in [0.1, 0.15) is 0 Å². The van der Waals surface area contributed by atoms with E-state index < -0.39 is 5.54 Å². The second-order valence-electron chi connectivity index (χ2n) is 4.72. The van der Waals surface area contributed by atoms with Crippen molar-refractivity contribution in [2.24, 2.45) is 5.73 Å². The summed E-state index contributed by atoms with van der Waals surface area (Å²) in [6.07, 6.45) is 3.81. The van der Waals surface area contributed by atoms with Crippen molar-refractivity contribution in [3.8, 4) is 0 Å². The van der Waals surface area contributed by atoms with Gasteiger partial charge in [-0.2, -0.15) is 0 Å². The molecule has 1 amide bonds. The molecule has 0 aromatic rings. The van der Waals surface area contributed by atoms with Gasteiger partial charge in [-0.05, 0) is 26.7 Å². The van der Waals surface area contributed by atoms with E-state index in [1.54, 1.807) is 4.90 Å². The summed E-state index contributed by atoms with van der Waals surface area (Å²) in [4.78, 5) is 13.9. The highest BCUT2D eigenvalue weighted by Gasteiger charge is 2.31. The summed E-state index contributed by atoms with van der Waals surface area (Å²) in [5, 5.41) is 0. The average molecular weight is 214 g/mol. The molecule has 0 aliphatic carbocycles. The van der Waals surface area contributed by atoms with Gasteiger partial charge in [0.25, 0.3) is 0 Å². The summed E-state index contributed by atoms with van der Waals surface area (Å²) in [5.41, 5.74) is 5.31. The fourth-order valence-corrected chi connectivity index (χ4v) is 1.84. The van der Waals surface area contributed by atoms with Gasteiger partial charge in [0, 0.05) is 13.1 Å². The molecule has 90 valence electrons. The average Bonchev–Trinajstić information content (AvgIpc) is 2.15. The molecule has 2 atom stereocenters. The first kappa shape index (κ1) is 14.4. The lowest BCUT2D eigenvalue weighted by molar-refractivity contribution is -0.137. The number of hydrogen-bond donors (Lipinski definition) is 1. The zero-order valence-electron chi connectivity index (χ0n) is 10.8. The van der Waals surface area contributed by atoms with Gasteiger partial charge in [0.05, 0.1) is 5.54 Å². The Bertz CT molecular complexity index is 202. The Morgan fingerprint density at radius 1 is 1.40 bits per heavy atom. The van der Waals surface area contributed by atoms with Gasteiger partial charge in [-0.25, -0.2) is 0 Å². The summed E-state index contributed by atoms with van der Waals surface area (Å²) in [6.45, 7) is 8.08. The molecule has 2 unspecified atom stereocenters. The first-order valence-corrected chi connectivity index (χ1v) is 5.93. The Labute approximate surface area is 94.0 Å². The van der Waals surface area contributed by atoms with E-state index in [9.17, 15) is 4.79 Å². The van der Waals surface area contributed by atoms with E-state index in [0.717, 1.165) is 25.7 Å². The minimum atomic E-state index is -0.703. The lowest BCUT2D eigenvalue weighted by Crippen LogP contribution is -2.54. The SMILES string of the molecule is CCCC(C)N(C)C(=O)C(C)(N)CCC. The first-order valence-electron chi connectivity index (χ1n) is 5.93. The van der Waals surface area contributed by atoms with Crippen molar-refractivity contribution in [3.05, 3.63) is 0 Å². The largest absolute Gasteiger partial charge is 0.341 e. The van der Waals surface area contributed by atoms with Crippen molar-refractivity contribution in [2.75, 3.05) is 7.05 Å². The Balaban J connectivity index is 4.42. The zero-order chi connectivity index (χ0) is 12.1. The second-order valence-corrected chi connectivity index (χ2v) is 4.72. The fourth-order valence-electron chi connectivity index (χ4n) is 1.84. The molecule has 0 aromatic carbocycles. The van der Waals surface area contributed by atoms with Crippen molar-refractivity contribution in [2.45, 2.75) is 65.0 Å². The standard InChI is InChI=1S/C12H26N2O/c1-6-8-10(3)14(5)11(15)12(4,13)9-7-2/h10H,6-9,13H2,1-5H3. The minimum absolute atomic E-state index is 0.0605. The van der Waals surface area contributed by atoms with Crippen LogP contribution >= 0.6 is 0 Å². The highest BCUT2D eigenvalue weighted by atomic mass is 16.2. The molecule has 0 aliphatic rings. The van der Waals surface area contributed by atoms with Gasteiger partial charge < -0.3 is 10.6 Å². The van der Waals surface area contributed by atoms with Gasteiger partial charge in [-0.3, -0.25) is 4.79 Å². The van der Waals surface area contributed by atoms with Gasteiger partial charge in [-0.15, -0.1) is 0 Å². The third-order valence-corrected chi connectivity index (χ3v) is 2.95. The van der Waals surface area contributed by atoms with Gasteiger partial charge >= 0.3 is 0 Å². The summed E-state index contributed by atoms with van der Waals surface area (Å²) in [6, 6.07) is 0.280. The van der Waals surface area contributed by atoms with Crippen LogP contribution in [0.25, 0.3) is 0 Å². The van der Waals surface area contributed by atoms with E-state index in [2.05, 4.69) is 13.8 Å². The van der Waals surface area contributed by atoms with Crippen LogP contribution in [0.1, 0.15) is 53.4 Å². The number of amides is 1. The van der Waals surface area contributed by atoms with Crippen molar-refractivity contribution in [1.29, 1.82) is 0 Å². The van der Waals surface area contributed by atoms with Crippen LogP contribution in [0.3, 0.4) is 0 Å². The Morgan fingerprint density at radius 3 is 2.33 bits per heavy atom. The summed E-state index contributed by atoms with van der Waals surface area (Å²) in [5.74, 6) is 0.0605. The van der Waals surface area contributed by atoms with Gasteiger partial charge in [0.2, 0.25) is 5.91 Å². The maximum Gasteiger partial charge on any atom is 0.242 e. The van der Waals surface area contributed by atoms with E-state index in [-0.39, 0.29) is 11.9 Å². The van der Waals surface area contributed by atoms with Crippen LogP contribution in [0.5, 0.6) is 0 Å². The summed E-state index contributed by atoms with van der Waals surface area (Å²) >= 11 is 0. The number of likely N-dealkylation sites (N-methyl/N-ethyl adjacent to an activating group) is 1. The van der Waals surface area contributed by atoms with Crippen LogP contribution in [0.4, 0.5) is 0 Å². The monoisotopic (exact) mass is 214 g/mol. The number of carbonyl (C=O) groups is 1. The van der Waals surface area contributed by atoms with Crippen LogP contribution in [0, 0.1) is 0 Å². The third kappa shape index (κ3) is 4.20. The maximum atomic E-state index is 12.1. The molecule has 0 radical (unpaired) electrons. The number of rotatable bonds is 6. The van der Waals surface area contributed by atoms with Gasteiger partial charge in [0.15, 0.2) is 0 Å². The number of nitrogens with zero attached hydrogens (tertiary/aromatic N) is 1. The molecule has 2 N–H and O–H groups in total. The summed E-state index contributed by atoms with van der Waals surface area (Å²) in [7, 11) is 1.85. The molecule has 0 fully saturated rings. The number of hydrogen-bond acceptors (Lipinski definition) is 2. The lowest BCUT2D eigenvalue weighted by atomic mass is 9.95. The van der Waals surface area contributed by atoms with Crippen molar-refractivity contribution >= 4 is 5.91 Å². The molecule has 3 heteroatoms. The van der Waals surface area contributed by atoms with Crippen LogP contribution in [-0.4, -0.2) is 29.4 Å². The molecule has 15 heavy (non-hydrogen) atoms. The molecular weight excluding hydrogens is 188 g/mol. The maximum absolute atomic E-state index is 12.1. The highest BCUT2D eigenvalue weighted by molar-refractivity contribution is 5.85. The number of nitrogens with two attached hydrogens (primary N) is 1. The Hall–Kier alpha value is -0.570. The van der Waals surface area contributed by atoms with Crippen molar-refractivity contribution in [3.63, 3.8) is 0 Å². The topological polar surface area (TPSA) is 46.3 Å². The predicted octanol–water partition coefficient (Wildman–Crippen LogP) is 2.15. The van der Waals surface area contributed by atoms with Gasteiger partial charge in [-0.1, -0.05) is 26.7 Å². The van der Waals surface area contributed by atoms with Crippen molar-refractivity contribution < 1.29 is 4.79 Å². The van der Waals surface area contributed by atoms with Crippen LogP contribution in [0.15, 0.2) is 0 Å². The van der Waals surface area contributed by atoms with Crippen LogP contribution in [0.2, 0.25) is 0 Å². The van der Waals surface area contributed by atoms with E-state index in [0.29, 0.717) is 0 Å². The third-order valence-electron chi connectivity index (χ3n) is 2.95. The molecule has 0 saturated carbocycles. The quantitative estimate of drug-likeness (QED) is 0.736. The molecule has 0 spiro atoms. The lowest BCUT2D eigenvalue weighted by Gasteiger charge is -2.32. The van der Waals surface area contributed by atoms with E-state index in [1.165, 1.54) is 0 Å². The highest BCUT2D eigenvalue weighted by Crippen LogP contribution is 2.15. The van der Waals surface area contributed by atoms with E-state index >= 15 is 0 Å².